The molecule has 170 valence electrons. The lowest BCUT2D eigenvalue weighted by Crippen LogP contribution is -2.38. The fraction of sp³-hybridized carbons (Fsp3) is 0.423. The molecule has 1 saturated heterocycles. The van der Waals surface area contributed by atoms with E-state index in [1.807, 2.05) is 38.1 Å². The molecule has 32 heavy (non-hydrogen) atoms. The van der Waals surface area contributed by atoms with Gasteiger partial charge >= 0.3 is 0 Å². The molecule has 4 rings (SSSR count). The molecule has 1 atom stereocenters. The van der Waals surface area contributed by atoms with Gasteiger partial charge in [0.05, 0.1) is 17.0 Å². The summed E-state index contributed by atoms with van der Waals surface area (Å²) in [6, 6.07) is 9.63. The van der Waals surface area contributed by atoms with Crippen LogP contribution in [0, 0.1) is 19.3 Å². The minimum Gasteiger partial charge on any atom is -0.440 e. The smallest absolute Gasteiger partial charge is 0.202 e. The Balaban J connectivity index is 1.78. The zero-order valence-electron chi connectivity index (χ0n) is 19.3. The van der Waals surface area contributed by atoms with E-state index in [0.717, 1.165) is 47.2 Å². The fourth-order valence-corrected chi connectivity index (χ4v) is 5.21. The van der Waals surface area contributed by atoms with Crippen LogP contribution in [0.1, 0.15) is 56.3 Å². The third-order valence-electron chi connectivity index (χ3n) is 6.54. The Morgan fingerprint density at radius 3 is 2.50 bits per heavy atom. The van der Waals surface area contributed by atoms with Gasteiger partial charge in [-0.1, -0.05) is 31.5 Å². The average Bonchev–Trinajstić information content (AvgIpc) is 2.73. The minimum atomic E-state index is -0.0751. The van der Waals surface area contributed by atoms with Gasteiger partial charge < -0.3 is 14.6 Å². The molecule has 2 aromatic carbocycles. The van der Waals surface area contributed by atoms with Crippen LogP contribution >= 0.6 is 27.5 Å². The van der Waals surface area contributed by atoms with Gasteiger partial charge in [0.2, 0.25) is 5.88 Å². The molecule has 0 saturated carbocycles. The van der Waals surface area contributed by atoms with Crippen molar-refractivity contribution in [3.8, 4) is 0 Å². The first-order valence-corrected chi connectivity index (χ1v) is 12.3. The van der Waals surface area contributed by atoms with Crippen LogP contribution in [0.25, 0.3) is 11.0 Å². The van der Waals surface area contributed by atoms with Gasteiger partial charge in [0.15, 0.2) is 5.43 Å². The highest BCUT2D eigenvalue weighted by atomic mass is 79.9. The van der Waals surface area contributed by atoms with Gasteiger partial charge in [0, 0.05) is 33.8 Å². The number of benzene rings is 2. The van der Waals surface area contributed by atoms with E-state index in [9.17, 15) is 4.79 Å². The van der Waals surface area contributed by atoms with Crippen LogP contribution in [0.4, 0.5) is 11.6 Å². The molecule has 1 aliphatic heterocycles. The van der Waals surface area contributed by atoms with Crippen molar-refractivity contribution in [1.82, 2.24) is 0 Å². The summed E-state index contributed by atoms with van der Waals surface area (Å²) in [6.45, 7) is 12.4. The lowest BCUT2D eigenvalue weighted by Gasteiger charge is -2.37. The number of nitrogens with one attached hydrogen (secondary N) is 1. The molecule has 0 radical (unpaired) electrons. The van der Waals surface area contributed by atoms with Gasteiger partial charge in [-0.25, -0.2) is 0 Å². The lowest BCUT2D eigenvalue weighted by atomic mass is 9.82. The number of hydrogen-bond acceptors (Lipinski definition) is 4. The van der Waals surface area contributed by atoms with Crippen LogP contribution in [0.3, 0.4) is 0 Å². The summed E-state index contributed by atoms with van der Waals surface area (Å²) in [4.78, 5) is 15.6. The molecule has 1 aromatic heterocycles. The SMILES string of the molecule is Cc1cc(C(C)Nc2ccc(Cl)cc2Br)c2oc(N3CCC(C)(C)CC3)c(C)c(=O)c2c1. The summed E-state index contributed by atoms with van der Waals surface area (Å²) in [7, 11) is 0. The number of halogens is 2. The minimum absolute atomic E-state index is 0.0518. The second-order valence-corrected chi connectivity index (χ2v) is 11.0. The van der Waals surface area contributed by atoms with Crippen molar-refractivity contribution in [2.24, 2.45) is 5.41 Å². The molecule has 1 unspecified atom stereocenters. The zero-order valence-corrected chi connectivity index (χ0v) is 21.7. The van der Waals surface area contributed by atoms with E-state index >= 15 is 0 Å². The Hall–Kier alpha value is -1.98. The largest absolute Gasteiger partial charge is 0.440 e. The Kier molecular flexibility index (Phi) is 6.34. The summed E-state index contributed by atoms with van der Waals surface area (Å²) in [5, 5.41) is 4.85. The quantitative estimate of drug-likeness (QED) is 0.386. The predicted molar refractivity (Wildman–Crippen MR) is 138 cm³/mol. The average molecular weight is 518 g/mol. The number of nitrogens with zero attached hydrogens (tertiary/aromatic N) is 1. The number of hydrogen-bond donors (Lipinski definition) is 1. The topological polar surface area (TPSA) is 45.5 Å². The molecule has 1 N–H and O–H groups in total. The molecular weight excluding hydrogens is 488 g/mol. The van der Waals surface area contributed by atoms with E-state index < -0.39 is 0 Å². The van der Waals surface area contributed by atoms with Gasteiger partial charge in [-0.15, -0.1) is 0 Å². The molecule has 1 fully saturated rings. The van der Waals surface area contributed by atoms with Crippen LogP contribution in [-0.2, 0) is 0 Å². The Labute approximate surface area is 203 Å². The van der Waals surface area contributed by atoms with E-state index in [1.165, 1.54) is 0 Å². The van der Waals surface area contributed by atoms with Gasteiger partial charge in [-0.05, 0) is 84.8 Å². The maximum Gasteiger partial charge on any atom is 0.202 e. The van der Waals surface area contributed by atoms with Crippen molar-refractivity contribution in [2.75, 3.05) is 23.3 Å². The van der Waals surface area contributed by atoms with Gasteiger partial charge in [-0.3, -0.25) is 4.79 Å². The number of anilines is 2. The first kappa shape index (κ1) is 23.2. The van der Waals surface area contributed by atoms with Crippen LogP contribution in [0.5, 0.6) is 0 Å². The van der Waals surface area contributed by atoms with Gasteiger partial charge in [-0.2, -0.15) is 0 Å². The Morgan fingerprint density at radius 2 is 1.84 bits per heavy atom. The van der Waals surface area contributed by atoms with E-state index in [-0.39, 0.29) is 11.5 Å². The molecule has 2 heterocycles. The lowest BCUT2D eigenvalue weighted by molar-refractivity contribution is 0.274. The van der Waals surface area contributed by atoms with E-state index in [0.29, 0.717) is 32.9 Å². The first-order chi connectivity index (χ1) is 15.1. The van der Waals surface area contributed by atoms with Crippen molar-refractivity contribution < 1.29 is 4.42 Å². The predicted octanol–water partition coefficient (Wildman–Crippen LogP) is 7.63. The van der Waals surface area contributed by atoms with E-state index in [1.54, 1.807) is 0 Å². The monoisotopic (exact) mass is 516 g/mol. The highest BCUT2D eigenvalue weighted by molar-refractivity contribution is 9.10. The second-order valence-electron chi connectivity index (χ2n) is 9.73. The van der Waals surface area contributed by atoms with Gasteiger partial charge in [0.25, 0.3) is 0 Å². The number of aryl methyl sites for hydroxylation is 1. The summed E-state index contributed by atoms with van der Waals surface area (Å²) >= 11 is 9.68. The normalized spacial score (nSPS) is 16.9. The van der Waals surface area contributed by atoms with Crippen LogP contribution in [0.15, 0.2) is 44.0 Å². The molecule has 3 aromatic rings. The third kappa shape index (κ3) is 4.55. The summed E-state index contributed by atoms with van der Waals surface area (Å²) in [5.74, 6) is 0.711. The fourth-order valence-electron chi connectivity index (χ4n) is 4.41. The molecule has 6 heteroatoms. The maximum absolute atomic E-state index is 13.4. The number of rotatable bonds is 4. The Morgan fingerprint density at radius 1 is 1.16 bits per heavy atom. The molecule has 0 aliphatic carbocycles. The van der Waals surface area contributed by atoms with Crippen molar-refractivity contribution in [1.29, 1.82) is 0 Å². The summed E-state index contributed by atoms with van der Waals surface area (Å²) in [5.41, 5.74) is 4.67. The van der Waals surface area contributed by atoms with Crippen LogP contribution < -0.4 is 15.6 Å². The standard InChI is InChI=1S/C26H30BrClN2O2/c1-15-12-19(17(3)29-22-7-6-18(28)14-21(22)27)24-20(13-15)23(31)16(2)25(32-24)30-10-8-26(4,5)9-11-30/h6-7,12-14,17,29H,8-11H2,1-5H3. The molecule has 0 bridgehead atoms. The second kappa shape index (κ2) is 8.75. The number of fused-ring (bicyclic) bond motifs is 1. The van der Waals surface area contributed by atoms with Crippen molar-refractivity contribution in [2.45, 2.75) is 53.5 Å². The molecule has 0 spiro atoms. The van der Waals surface area contributed by atoms with Gasteiger partial charge in [0.1, 0.15) is 5.58 Å². The molecular formula is C26H30BrClN2O2. The van der Waals surface area contributed by atoms with Crippen molar-refractivity contribution in [3.05, 3.63) is 66.7 Å². The molecule has 4 nitrogen and oxygen atoms in total. The van der Waals surface area contributed by atoms with Crippen LogP contribution in [-0.4, -0.2) is 13.1 Å². The van der Waals surface area contributed by atoms with Crippen molar-refractivity contribution >= 4 is 50.1 Å². The third-order valence-corrected chi connectivity index (χ3v) is 7.43. The van der Waals surface area contributed by atoms with Crippen LogP contribution in [0.2, 0.25) is 5.02 Å². The summed E-state index contributed by atoms with van der Waals surface area (Å²) in [6.07, 6.45) is 2.16. The van der Waals surface area contributed by atoms with E-state index in [2.05, 4.69) is 53.0 Å². The zero-order chi connectivity index (χ0) is 23.2. The maximum atomic E-state index is 13.4. The number of piperidine rings is 1. The molecule has 0 amide bonds. The highest BCUT2D eigenvalue weighted by Gasteiger charge is 2.28. The highest BCUT2D eigenvalue weighted by Crippen LogP contribution is 2.36. The van der Waals surface area contributed by atoms with E-state index in [4.69, 9.17) is 16.0 Å². The summed E-state index contributed by atoms with van der Waals surface area (Å²) < 4.78 is 7.42. The first-order valence-electron chi connectivity index (χ1n) is 11.1. The Bertz CT molecular complexity index is 1220. The van der Waals surface area contributed by atoms with Crippen molar-refractivity contribution in [3.63, 3.8) is 0 Å². The molecule has 1 aliphatic rings.